The second kappa shape index (κ2) is 7.82. The Bertz CT molecular complexity index is 990. The van der Waals surface area contributed by atoms with Gasteiger partial charge in [0.2, 0.25) is 0 Å². The molecule has 0 unspecified atom stereocenters. The maximum atomic E-state index is 12.2. The summed E-state index contributed by atoms with van der Waals surface area (Å²) in [6.45, 7) is -0.0845. The van der Waals surface area contributed by atoms with Gasteiger partial charge in [-0.3, -0.25) is 10.1 Å². The molecule has 0 amide bonds. The van der Waals surface area contributed by atoms with Crippen molar-refractivity contribution in [2.75, 3.05) is 0 Å². The van der Waals surface area contributed by atoms with Gasteiger partial charge < -0.3 is 4.74 Å². The smallest absolute Gasteiger partial charge is 0.340 e. The van der Waals surface area contributed by atoms with Gasteiger partial charge in [0.1, 0.15) is 11.6 Å². The van der Waals surface area contributed by atoms with Crippen molar-refractivity contribution in [3.63, 3.8) is 0 Å². The van der Waals surface area contributed by atoms with Crippen LogP contribution in [0.25, 0.3) is 10.6 Å². The van der Waals surface area contributed by atoms with Gasteiger partial charge in [0, 0.05) is 23.1 Å². The Morgan fingerprint density at radius 1 is 1.19 bits per heavy atom. The van der Waals surface area contributed by atoms with E-state index in [1.54, 1.807) is 11.4 Å². The first-order valence-corrected chi connectivity index (χ1v) is 8.89. The summed E-state index contributed by atoms with van der Waals surface area (Å²) in [5.41, 5.74) is 1.02. The molecule has 0 bridgehead atoms. The van der Waals surface area contributed by atoms with E-state index in [9.17, 15) is 14.9 Å². The quantitative estimate of drug-likeness (QED) is 0.321. The highest BCUT2D eigenvalue weighted by atomic mass is 35.5. The number of non-ortho nitro benzene ring substituents is 1. The Morgan fingerprint density at radius 3 is 2.69 bits per heavy atom. The third-order valence-electron chi connectivity index (χ3n) is 3.39. The first-order chi connectivity index (χ1) is 12.5. The zero-order chi connectivity index (χ0) is 18.7. The van der Waals surface area contributed by atoms with E-state index in [0.29, 0.717) is 15.7 Å². The molecule has 132 valence electrons. The minimum atomic E-state index is -0.758. The fourth-order valence-corrected chi connectivity index (χ4v) is 3.45. The average Bonchev–Trinajstić information content (AvgIpc) is 3.09. The molecule has 0 aliphatic carbocycles. The standard InChI is InChI=1S/C17H10Cl2N2O4S/c18-14-4-2-1-3-12(14)16-20-10(9-26-16)8-25-17(22)13-7-11(21(23)24)5-6-15(13)19/h1-7,9H,8H2. The van der Waals surface area contributed by atoms with E-state index in [2.05, 4.69) is 4.98 Å². The van der Waals surface area contributed by atoms with Crippen molar-refractivity contribution < 1.29 is 14.5 Å². The van der Waals surface area contributed by atoms with Crippen LogP contribution >= 0.6 is 34.5 Å². The highest BCUT2D eigenvalue weighted by Gasteiger charge is 2.18. The number of halogens is 2. The predicted molar refractivity (Wildman–Crippen MR) is 99.8 cm³/mol. The lowest BCUT2D eigenvalue weighted by atomic mass is 10.2. The van der Waals surface area contributed by atoms with Crippen LogP contribution in [0.3, 0.4) is 0 Å². The number of nitro benzene ring substituents is 1. The van der Waals surface area contributed by atoms with Crippen LogP contribution in [-0.4, -0.2) is 15.9 Å². The van der Waals surface area contributed by atoms with Crippen molar-refractivity contribution >= 4 is 46.2 Å². The normalized spacial score (nSPS) is 10.5. The molecule has 6 nitrogen and oxygen atoms in total. The summed E-state index contributed by atoms with van der Waals surface area (Å²) in [5, 5.41) is 13.9. The van der Waals surface area contributed by atoms with Crippen molar-refractivity contribution in [3.05, 3.63) is 79.3 Å². The third kappa shape index (κ3) is 4.01. The fourth-order valence-electron chi connectivity index (χ4n) is 2.13. The second-order valence-corrected chi connectivity index (χ2v) is 6.79. The molecular weight excluding hydrogens is 399 g/mol. The molecule has 0 fully saturated rings. The number of esters is 1. The fraction of sp³-hybridized carbons (Fsp3) is 0.0588. The Hall–Kier alpha value is -2.48. The lowest BCUT2D eigenvalue weighted by Gasteiger charge is -2.05. The van der Waals surface area contributed by atoms with Crippen LogP contribution in [0.4, 0.5) is 5.69 Å². The summed E-state index contributed by atoms with van der Waals surface area (Å²) in [5.74, 6) is -0.758. The predicted octanol–water partition coefficient (Wildman–Crippen LogP) is 5.38. The highest BCUT2D eigenvalue weighted by Crippen LogP contribution is 2.30. The monoisotopic (exact) mass is 408 g/mol. The van der Waals surface area contributed by atoms with E-state index in [1.165, 1.54) is 23.5 Å². The number of thiazole rings is 1. The van der Waals surface area contributed by atoms with Crippen molar-refractivity contribution in [2.24, 2.45) is 0 Å². The number of ether oxygens (including phenoxy) is 1. The molecule has 0 radical (unpaired) electrons. The van der Waals surface area contributed by atoms with Gasteiger partial charge in [-0.2, -0.15) is 0 Å². The maximum absolute atomic E-state index is 12.2. The van der Waals surface area contributed by atoms with Crippen LogP contribution < -0.4 is 0 Å². The molecule has 2 aromatic carbocycles. The lowest BCUT2D eigenvalue weighted by Crippen LogP contribution is -2.07. The molecular formula is C17H10Cl2N2O4S. The minimum absolute atomic E-state index is 0.0672. The van der Waals surface area contributed by atoms with Gasteiger partial charge in [-0.05, 0) is 12.1 Å². The van der Waals surface area contributed by atoms with Crippen molar-refractivity contribution in [2.45, 2.75) is 6.61 Å². The minimum Gasteiger partial charge on any atom is -0.456 e. The summed E-state index contributed by atoms with van der Waals surface area (Å²) in [6.07, 6.45) is 0. The molecule has 3 aromatic rings. The van der Waals surface area contributed by atoms with Crippen LogP contribution in [0, 0.1) is 10.1 Å². The van der Waals surface area contributed by atoms with Gasteiger partial charge in [0.05, 0.1) is 26.2 Å². The van der Waals surface area contributed by atoms with Crippen LogP contribution in [-0.2, 0) is 11.3 Å². The van der Waals surface area contributed by atoms with Gasteiger partial charge in [0.15, 0.2) is 0 Å². The maximum Gasteiger partial charge on any atom is 0.340 e. The topological polar surface area (TPSA) is 82.3 Å². The molecule has 1 heterocycles. The highest BCUT2D eigenvalue weighted by molar-refractivity contribution is 7.13. The van der Waals surface area contributed by atoms with Gasteiger partial charge in [-0.15, -0.1) is 11.3 Å². The number of nitrogens with zero attached hydrogens (tertiary/aromatic N) is 2. The third-order valence-corrected chi connectivity index (χ3v) is 4.97. The van der Waals surface area contributed by atoms with Crippen molar-refractivity contribution in [3.8, 4) is 10.6 Å². The number of rotatable bonds is 5. The van der Waals surface area contributed by atoms with E-state index < -0.39 is 10.9 Å². The summed E-state index contributed by atoms with van der Waals surface area (Å²) >= 11 is 13.4. The summed E-state index contributed by atoms with van der Waals surface area (Å²) in [4.78, 5) is 26.8. The SMILES string of the molecule is O=C(OCc1csc(-c2ccccc2Cl)n1)c1cc([N+](=O)[O-])ccc1Cl. The molecule has 0 aliphatic heterocycles. The Morgan fingerprint density at radius 2 is 1.96 bits per heavy atom. The Balaban J connectivity index is 1.72. The molecule has 3 rings (SSSR count). The van der Waals surface area contributed by atoms with Gasteiger partial charge in [-0.1, -0.05) is 41.4 Å². The molecule has 1 aromatic heterocycles. The molecule has 0 saturated carbocycles. The Labute approximate surface area is 162 Å². The first-order valence-electron chi connectivity index (χ1n) is 7.26. The van der Waals surface area contributed by atoms with E-state index in [-0.39, 0.29) is 22.9 Å². The summed E-state index contributed by atoms with van der Waals surface area (Å²) in [7, 11) is 0. The first kappa shape index (κ1) is 18.3. The van der Waals surface area contributed by atoms with E-state index in [0.717, 1.165) is 11.6 Å². The van der Waals surface area contributed by atoms with Crippen molar-refractivity contribution in [1.82, 2.24) is 4.98 Å². The number of carbonyl (C=O) groups excluding carboxylic acids is 1. The van der Waals surface area contributed by atoms with Crippen LogP contribution in [0.1, 0.15) is 16.1 Å². The number of carbonyl (C=O) groups is 1. The van der Waals surface area contributed by atoms with Crippen LogP contribution in [0.15, 0.2) is 47.8 Å². The lowest BCUT2D eigenvalue weighted by molar-refractivity contribution is -0.384. The number of benzene rings is 2. The second-order valence-electron chi connectivity index (χ2n) is 5.12. The van der Waals surface area contributed by atoms with Crippen LogP contribution in [0.5, 0.6) is 0 Å². The zero-order valence-corrected chi connectivity index (χ0v) is 15.3. The average molecular weight is 409 g/mol. The van der Waals surface area contributed by atoms with Crippen LogP contribution in [0.2, 0.25) is 10.0 Å². The van der Waals surface area contributed by atoms with Gasteiger partial charge in [-0.25, -0.2) is 9.78 Å². The number of nitro groups is 1. The van der Waals surface area contributed by atoms with E-state index in [1.807, 2.05) is 18.2 Å². The van der Waals surface area contributed by atoms with Gasteiger partial charge in [0.25, 0.3) is 5.69 Å². The summed E-state index contributed by atoms with van der Waals surface area (Å²) in [6, 6.07) is 10.9. The largest absolute Gasteiger partial charge is 0.456 e. The molecule has 26 heavy (non-hydrogen) atoms. The molecule has 0 atom stereocenters. The molecule has 0 N–H and O–H groups in total. The molecule has 0 spiro atoms. The zero-order valence-electron chi connectivity index (χ0n) is 13.0. The Kier molecular flexibility index (Phi) is 5.51. The molecule has 9 heteroatoms. The molecule has 0 saturated heterocycles. The van der Waals surface area contributed by atoms with E-state index >= 15 is 0 Å². The number of aromatic nitrogens is 1. The van der Waals surface area contributed by atoms with E-state index in [4.69, 9.17) is 27.9 Å². The number of hydrogen-bond acceptors (Lipinski definition) is 6. The summed E-state index contributed by atoms with van der Waals surface area (Å²) < 4.78 is 5.17. The van der Waals surface area contributed by atoms with Crippen molar-refractivity contribution in [1.29, 1.82) is 0 Å². The number of hydrogen-bond donors (Lipinski definition) is 0. The van der Waals surface area contributed by atoms with Gasteiger partial charge >= 0.3 is 5.97 Å². The molecule has 0 aliphatic rings.